The van der Waals surface area contributed by atoms with E-state index in [1.54, 1.807) is 14.2 Å². The third-order valence-electron chi connectivity index (χ3n) is 3.00. The molecule has 1 heterocycles. The van der Waals surface area contributed by atoms with E-state index in [1.165, 1.54) is 0 Å². The fourth-order valence-corrected chi connectivity index (χ4v) is 2.12. The number of rotatable bonds is 4. The SMILES string of the molecule is COc1cc(Nc2ccc(Br)c(C)n2)c(OC)cc1C. The van der Waals surface area contributed by atoms with Crippen molar-refractivity contribution in [1.82, 2.24) is 4.98 Å². The third-order valence-corrected chi connectivity index (χ3v) is 3.84. The lowest BCUT2D eigenvalue weighted by molar-refractivity contribution is 0.402. The summed E-state index contributed by atoms with van der Waals surface area (Å²) in [6.07, 6.45) is 0. The number of halogens is 1. The van der Waals surface area contributed by atoms with E-state index < -0.39 is 0 Å². The summed E-state index contributed by atoms with van der Waals surface area (Å²) in [5.74, 6) is 2.32. The smallest absolute Gasteiger partial charge is 0.142 e. The van der Waals surface area contributed by atoms with Crippen LogP contribution in [0.2, 0.25) is 0 Å². The van der Waals surface area contributed by atoms with Gasteiger partial charge in [-0.3, -0.25) is 0 Å². The van der Waals surface area contributed by atoms with Crippen LogP contribution in [0.1, 0.15) is 11.3 Å². The topological polar surface area (TPSA) is 43.4 Å². The molecule has 0 radical (unpaired) electrons. The molecule has 2 rings (SSSR count). The maximum atomic E-state index is 5.40. The van der Waals surface area contributed by atoms with E-state index in [4.69, 9.17) is 9.47 Å². The molecule has 0 unspecified atom stereocenters. The molecule has 1 N–H and O–H groups in total. The fraction of sp³-hybridized carbons (Fsp3) is 0.267. The van der Waals surface area contributed by atoms with Gasteiger partial charge in [0.25, 0.3) is 0 Å². The van der Waals surface area contributed by atoms with Crippen LogP contribution < -0.4 is 14.8 Å². The molecule has 0 spiro atoms. The summed E-state index contributed by atoms with van der Waals surface area (Å²) in [7, 11) is 3.30. The van der Waals surface area contributed by atoms with E-state index in [-0.39, 0.29) is 0 Å². The quantitative estimate of drug-likeness (QED) is 0.907. The van der Waals surface area contributed by atoms with Gasteiger partial charge >= 0.3 is 0 Å². The van der Waals surface area contributed by atoms with Gasteiger partial charge in [-0.1, -0.05) is 0 Å². The Morgan fingerprint density at radius 2 is 1.75 bits per heavy atom. The van der Waals surface area contributed by atoms with Gasteiger partial charge in [-0.2, -0.15) is 0 Å². The number of methoxy groups -OCH3 is 2. The summed E-state index contributed by atoms with van der Waals surface area (Å²) in [6.45, 7) is 3.93. The largest absolute Gasteiger partial charge is 0.496 e. The molecule has 5 heteroatoms. The highest BCUT2D eigenvalue weighted by molar-refractivity contribution is 9.10. The van der Waals surface area contributed by atoms with Crippen molar-refractivity contribution in [1.29, 1.82) is 0 Å². The van der Waals surface area contributed by atoms with Gasteiger partial charge in [0.2, 0.25) is 0 Å². The van der Waals surface area contributed by atoms with E-state index in [1.807, 2.05) is 38.1 Å². The van der Waals surface area contributed by atoms with E-state index in [0.29, 0.717) is 0 Å². The third kappa shape index (κ3) is 3.04. The van der Waals surface area contributed by atoms with Crippen LogP contribution in [0.5, 0.6) is 11.5 Å². The first-order valence-corrected chi connectivity index (χ1v) is 6.97. The van der Waals surface area contributed by atoms with Crippen molar-refractivity contribution in [3.8, 4) is 11.5 Å². The highest BCUT2D eigenvalue weighted by Crippen LogP contribution is 2.34. The van der Waals surface area contributed by atoms with E-state index in [2.05, 4.69) is 26.2 Å². The monoisotopic (exact) mass is 336 g/mol. The number of pyridine rings is 1. The molecule has 2 aromatic rings. The lowest BCUT2D eigenvalue weighted by atomic mass is 10.2. The van der Waals surface area contributed by atoms with Crippen LogP contribution in [0.25, 0.3) is 0 Å². The molecule has 0 saturated heterocycles. The van der Waals surface area contributed by atoms with Gasteiger partial charge in [0.1, 0.15) is 17.3 Å². The fourth-order valence-electron chi connectivity index (χ4n) is 1.90. The van der Waals surface area contributed by atoms with Crippen LogP contribution in [0, 0.1) is 13.8 Å². The number of aromatic nitrogens is 1. The molecule has 0 amide bonds. The molecule has 0 aliphatic carbocycles. The van der Waals surface area contributed by atoms with Crippen LogP contribution in [0.4, 0.5) is 11.5 Å². The van der Waals surface area contributed by atoms with Gasteiger partial charge < -0.3 is 14.8 Å². The highest BCUT2D eigenvalue weighted by Gasteiger charge is 2.09. The molecule has 0 bridgehead atoms. The van der Waals surface area contributed by atoms with Crippen molar-refractivity contribution < 1.29 is 9.47 Å². The lowest BCUT2D eigenvalue weighted by Gasteiger charge is -2.14. The number of ether oxygens (including phenoxy) is 2. The van der Waals surface area contributed by atoms with Crippen molar-refractivity contribution in [2.24, 2.45) is 0 Å². The number of hydrogen-bond donors (Lipinski definition) is 1. The average molecular weight is 337 g/mol. The minimum Gasteiger partial charge on any atom is -0.496 e. The van der Waals surface area contributed by atoms with Gasteiger partial charge in [-0.05, 0) is 53.5 Å². The maximum Gasteiger partial charge on any atom is 0.142 e. The number of nitrogens with one attached hydrogen (secondary N) is 1. The molecule has 1 aromatic heterocycles. The Bertz CT molecular complexity index is 630. The Hall–Kier alpha value is -1.75. The summed E-state index contributed by atoms with van der Waals surface area (Å²) in [5, 5.41) is 3.26. The molecule has 106 valence electrons. The first-order valence-electron chi connectivity index (χ1n) is 6.18. The molecule has 0 fully saturated rings. The second-order valence-corrected chi connectivity index (χ2v) is 5.27. The Morgan fingerprint density at radius 3 is 2.35 bits per heavy atom. The number of hydrogen-bond acceptors (Lipinski definition) is 4. The second-order valence-electron chi connectivity index (χ2n) is 4.41. The molecule has 0 atom stereocenters. The summed E-state index contributed by atoms with van der Waals surface area (Å²) in [6, 6.07) is 7.71. The molecule has 20 heavy (non-hydrogen) atoms. The molecule has 0 aliphatic heterocycles. The summed E-state index contributed by atoms with van der Waals surface area (Å²) < 4.78 is 11.7. The van der Waals surface area contributed by atoms with Crippen molar-refractivity contribution >= 4 is 27.4 Å². The van der Waals surface area contributed by atoms with E-state index in [0.717, 1.165) is 38.7 Å². The summed E-state index contributed by atoms with van der Waals surface area (Å²) >= 11 is 3.44. The van der Waals surface area contributed by atoms with Gasteiger partial charge in [0.05, 0.1) is 25.6 Å². The molecule has 0 saturated carbocycles. The van der Waals surface area contributed by atoms with Crippen LogP contribution in [-0.2, 0) is 0 Å². The van der Waals surface area contributed by atoms with Gasteiger partial charge in [-0.15, -0.1) is 0 Å². The minimum atomic E-state index is 0.755. The number of aryl methyl sites for hydroxylation is 2. The van der Waals surface area contributed by atoms with Crippen molar-refractivity contribution in [3.63, 3.8) is 0 Å². The van der Waals surface area contributed by atoms with Gasteiger partial charge in [0.15, 0.2) is 0 Å². The van der Waals surface area contributed by atoms with Crippen LogP contribution in [0.3, 0.4) is 0 Å². The number of benzene rings is 1. The minimum absolute atomic E-state index is 0.755. The lowest BCUT2D eigenvalue weighted by Crippen LogP contribution is -1.99. The van der Waals surface area contributed by atoms with Crippen molar-refractivity contribution in [2.75, 3.05) is 19.5 Å². The molecular weight excluding hydrogens is 320 g/mol. The molecule has 1 aromatic carbocycles. The Balaban J connectivity index is 2.38. The molecule has 0 aliphatic rings. The number of anilines is 2. The standard InChI is InChI=1S/C15H17BrN2O2/c1-9-7-14(20-4)12(8-13(9)19-3)18-15-6-5-11(16)10(2)17-15/h5-8H,1-4H3,(H,17,18). The second kappa shape index (κ2) is 6.13. The number of nitrogens with zero attached hydrogens (tertiary/aromatic N) is 1. The van der Waals surface area contributed by atoms with E-state index in [9.17, 15) is 0 Å². The molecular formula is C15H17BrN2O2. The molecule has 4 nitrogen and oxygen atoms in total. The van der Waals surface area contributed by atoms with Gasteiger partial charge in [0, 0.05) is 10.5 Å². The maximum absolute atomic E-state index is 5.40. The van der Waals surface area contributed by atoms with Crippen molar-refractivity contribution in [2.45, 2.75) is 13.8 Å². The Kier molecular flexibility index (Phi) is 4.49. The average Bonchev–Trinajstić information content (AvgIpc) is 2.44. The first-order chi connectivity index (χ1) is 9.55. The first kappa shape index (κ1) is 14.7. The predicted molar refractivity (Wildman–Crippen MR) is 84.2 cm³/mol. The van der Waals surface area contributed by atoms with Crippen LogP contribution >= 0.6 is 15.9 Å². The summed E-state index contributed by atoms with van der Waals surface area (Å²) in [5.41, 5.74) is 2.77. The predicted octanol–water partition coefficient (Wildman–Crippen LogP) is 4.22. The van der Waals surface area contributed by atoms with Crippen LogP contribution in [0.15, 0.2) is 28.7 Å². The zero-order chi connectivity index (χ0) is 14.7. The summed E-state index contributed by atoms with van der Waals surface area (Å²) in [4.78, 5) is 4.47. The highest BCUT2D eigenvalue weighted by atomic mass is 79.9. The zero-order valence-electron chi connectivity index (χ0n) is 12.0. The Morgan fingerprint density at radius 1 is 1.05 bits per heavy atom. The normalized spacial score (nSPS) is 10.2. The van der Waals surface area contributed by atoms with Gasteiger partial charge in [-0.25, -0.2) is 4.98 Å². The van der Waals surface area contributed by atoms with Crippen LogP contribution in [-0.4, -0.2) is 19.2 Å². The zero-order valence-corrected chi connectivity index (χ0v) is 13.5. The Labute approximate surface area is 127 Å². The van der Waals surface area contributed by atoms with Crippen molar-refractivity contribution in [3.05, 3.63) is 40.0 Å². The van der Waals surface area contributed by atoms with E-state index >= 15 is 0 Å².